The minimum Gasteiger partial charge on any atom is -0.397 e. The molecule has 0 aliphatic rings. The van der Waals surface area contributed by atoms with Crippen LogP contribution in [0.15, 0.2) is 23.1 Å². The smallest absolute Gasteiger partial charge is 0.242 e. The molecule has 0 saturated carbocycles. The second-order valence-electron chi connectivity index (χ2n) is 3.08. The van der Waals surface area contributed by atoms with E-state index in [2.05, 4.69) is 0 Å². The fraction of sp³-hybridized carbons (Fsp3) is 0.250. The standard InChI is InChI=1S/C8H13N3O2S/c1-11(2)14(12,13)6-3-4-7(9)8(10)5-6/h3-5H,9-10H2,1-2H3. The molecule has 0 atom stereocenters. The largest absolute Gasteiger partial charge is 0.397 e. The summed E-state index contributed by atoms with van der Waals surface area (Å²) in [5, 5.41) is 0. The van der Waals surface area contributed by atoms with Gasteiger partial charge < -0.3 is 11.5 Å². The number of sulfonamides is 1. The molecule has 4 N–H and O–H groups in total. The Morgan fingerprint density at radius 2 is 1.71 bits per heavy atom. The molecule has 0 aliphatic carbocycles. The van der Waals surface area contributed by atoms with Crippen LogP contribution in [0.1, 0.15) is 0 Å². The molecule has 78 valence electrons. The van der Waals surface area contributed by atoms with E-state index in [4.69, 9.17) is 11.5 Å². The van der Waals surface area contributed by atoms with Crippen molar-refractivity contribution < 1.29 is 8.42 Å². The summed E-state index contributed by atoms with van der Waals surface area (Å²) in [6.45, 7) is 0. The molecule has 0 aliphatic heterocycles. The molecule has 14 heavy (non-hydrogen) atoms. The van der Waals surface area contributed by atoms with Crippen molar-refractivity contribution in [1.29, 1.82) is 0 Å². The lowest BCUT2D eigenvalue weighted by Gasteiger charge is -2.12. The molecule has 5 nitrogen and oxygen atoms in total. The van der Waals surface area contributed by atoms with Gasteiger partial charge in [0.25, 0.3) is 0 Å². The summed E-state index contributed by atoms with van der Waals surface area (Å²) in [5.41, 5.74) is 11.6. The maximum atomic E-state index is 11.6. The molecule has 0 radical (unpaired) electrons. The first-order valence-corrected chi connectivity index (χ1v) is 5.37. The molecule has 0 saturated heterocycles. The highest BCUT2D eigenvalue weighted by Crippen LogP contribution is 2.21. The Bertz CT molecular complexity index is 440. The van der Waals surface area contributed by atoms with Crippen molar-refractivity contribution in [2.45, 2.75) is 4.90 Å². The number of rotatable bonds is 2. The maximum Gasteiger partial charge on any atom is 0.242 e. The Balaban J connectivity index is 3.29. The van der Waals surface area contributed by atoms with Crippen molar-refractivity contribution in [3.8, 4) is 0 Å². The first-order chi connectivity index (χ1) is 6.35. The van der Waals surface area contributed by atoms with E-state index in [1.165, 1.54) is 32.3 Å². The van der Waals surface area contributed by atoms with Crippen LogP contribution in [-0.2, 0) is 10.0 Å². The normalized spacial score (nSPS) is 11.9. The minimum absolute atomic E-state index is 0.147. The molecular formula is C8H13N3O2S. The van der Waals surface area contributed by atoms with Crippen LogP contribution >= 0.6 is 0 Å². The van der Waals surface area contributed by atoms with E-state index in [-0.39, 0.29) is 10.6 Å². The number of nitrogens with zero attached hydrogens (tertiary/aromatic N) is 1. The Labute approximate surface area is 83.4 Å². The van der Waals surface area contributed by atoms with E-state index in [9.17, 15) is 8.42 Å². The van der Waals surface area contributed by atoms with Crippen molar-refractivity contribution in [3.05, 3.63) is 18.2 Å². The van der Waals surface area contributed by atoms with Crippen molar-refractivity contribution in [3.63, 3.8) is 0 Å². The van der Waals surface area contributed by atoms with Crippen LogP contribution in [0.25, 0.3) is 0 Å². The minimum atomic E-state index is -3.42. The summed E-state index contributed by atoms with van der Waals surface area (Å²) in [6, 6.07) is 4.26. The number of nitrogens with two attached hydrogens (primary N) is 2. The van der Waals surface area contributed by atoms with Crippen LogP contribution in [0.4, 0.5) is 11.4 Å². The van der Waals surface area contributed by atoms with E-state index in [1.807, 2.05) is 0 Å². The summed E-state index contributed by atoms with van der Waals surface area (Å²) in [4.78, 5) is 0.147. The van der Waals surface area contributed by atoms with E-state index in [0.29, 0.717) is 5.69 Å². The fourth-order valence-corrected chi connectivity index (χ4v) is 1.86. The molecule has 0 aromatic heterocycles. The molecule has 0 spiro atoms. The third kappa shape index (κ3) is 1.80. The molecule has 1 rings (SSSR count). The molecule has 0 fully saturated rings. The topological polar surface area (TPSA) is 89.4 Å². The molecular weight excluding hydrogens is 202 g/mol. The van der Waals surface area contributed by atoms with Gasteiger partial charge in [-0.25, -0.2) is 12.7 Å². The average Bonchev–Trinajstić information content (AvgIpc) is 2.09. The highest BCUT2D eigenvalue weighted by Gasteiger charge is 2.17. The molecule has 0 heterocycles. The van der Waals surface area contributed by atoms with Gasteiger partial charge in [0, 0.05) is 14.1 Å². The van der Waals surface area contributed by atoms with Gasteiger partial charge in [-0.2, -0.15) is 0 Å². The van der Waals surface area contributed by atoms with Crippen LogP contribution < -0.4 is 11.5 Å². The molecule has 6 heteroatoms. The third-order valence-electron chi connectivity index (χ3n) is 1.84. The van der Waals surface area contributed by atoms with Gasteiger partial charge in [-0.3, -0.25) is 0 Å². The lowest BCUT2D eigenvalue weighted by Crippen LogP contribution is -2.22. The van der Waals surface area contributed by atoms with Gasteiger partial charge in [0.1, 0.15) is 0 Å². The summed E-state index contributed by atoms with van der Waals surface area (Å²) in [5.74, 6) is 0. The number of hydrogen-bond donors (Lipinski definition) is 2. The summed E-state index contributed by atoms with van der Waals surface area (Å²) in [6.07, 6.45) is 0. The highest BCUT2D eigenvalue weighted by molar-refractivity contribution is 7.89. The number of hydrogen-bond acceptors (Lipinski definition) is 4. The van der Waals surface area contributed by atoms with Crippen LogP contribution in [0.5, 0.6) is 0 Å². The Hall–Kier alpha value is -1.27. The van der Waals surface area contributed by atoms with Gasteiger partial charge in [-0.05, 0) is 18.2 Å². The van der Waals surface area contributed by atoms with Crippen molar-refractivity contribution in [1.82, 2.24) is 4.31 Å². The van der Waals surface area contributed by atoms with Crippen molar-refractivity contribution in [2.24, 2.45) is 0 Å². The first-order valence-electron chi connectivity index (χ1n) is 3.93. The second kappa shape index (κ2) is 3.47. The number of benzene rings is 1. The van der Waals surface area contributed by atoms with Crippen LogP contribution in [0.3, 0.4) is 0 Å². The average molecular weight is 215 g/mol. The van der Waals surface area contributed by atoms with Gasteiger partial charge in [-0.1, -0.05) is 0 Å². The van der Waals surface area contributed by atoms with E-state index in [0.717, 1.165) is 4.31 Å². The monoisotopic (exact) mass is 215 g/mol. The van der Waals surface area contributed by atoms with Crippen molar-refractivity contribution >= 4 is 21.4 Å². The van der Waals surface area contributed by atoms with Crippen LogP contribution in [0, 0.1) is 0 Å². The second-order valence-corrected chi connectivity index (χ2v) is 5.23. The Morgan fingerprint density at radius 3 is 2.14 bits per heavy atom. The van der Waals surface area contributed by atoms with Gasteiger partial charge >= 0.3 is 0 Å². The quantitative estimate of drug-likeness (QED) is 0.685. The van der Waals surface area contributed by atoms with Gasteiger partial charge in [0.15, 0.2) is 0 Å². The van der Waals surface area contributed by atoms with Gasteiger partial charge in [0.05, 0.1) is 16.3 Å². The zero-order chi connectivity index (χ0) is 10.9. The van der Waals surface area contributed by atoms with Crippen molar-refractivity contribution in [2.75, 3.05) is 25.6 Å². The molecule has 0 bridgehead atoms. The Morgan fingerprint density at radius 1 is 1.14 bits per heavy atom. The predicted octanol–water partition coefficient (Wildman–Crippen LogP) is 0.101. The summed E-state index contributed by atoms with van der Waals surface area (Å²) >= 11 is 0. The fourth-order valence-electron chi connectivity index (χ4n) is 0.924. The third-order valence-corrected chi connectivity index (χ3v) is 3.65. The highest BCUT2D eigenvalue weighted by atomic mass is 32.2. The van der Waals surface area contributed by atoms with E-state index in [1.54, 1.807) is 0 Å². The van der Waals surface area contributed by atoms with E-state index < -0.39 is 10.0 Å². The summed E-state index contributed by atoms with van der Waals surface area (Å²) in [7, 11) is -0.498. The zero-order valence-electron chi connectivity index (χ0n) is 8.06. The SMILES string of the molecule is CN(C)S(=O)(=O)c1ccc(N)c(N)c1. The lowest BCUT2D eigenvalue weighted by atomic mass is 10.3. The van der Waals surface area contributed by atoms with Crippen LogP contribution in [0.2, 0.25) is 0 Å². The molecule has 0 amide bonds. The molecule has 1 aromatic carbocycles. The zero-order valence-corrected chi connectivity index (χ0v) is 8.88. The maximum absolute atomic E-state index is 11.6. The Kier molecular flexibility index (Phi) is 2.68. The summed E-state index contributed by atoms with van der Waals surface area (Å²) < 4.78 is 24.4. The first kappa shape index (κ1) is 10.8. The van der Waals surface area contributed by atoms with Gasteiger partial charge in [-0.15, -0.1) is 0 Å². The van der Waals surface area contributed by atoms with Gasteiger partial charge in [0.2, 0.25) is 10.0 Å². The number of nitrogen functional groups attached to an aromatic ring is 2. The molecule has 1 aromatic rings. The number of anilines is 2. The van der Waals surface area contributed by atoms with E-state index >= 15 is 0 Å². The molecule has 0 unspecified atom stereocenters. The van der Waals surface area contributed by atoms with Crippen LogP contribution in [-0.4, -0.2) is 26.8 Å². The lowest BCUT2D eigenvalue weighted by molar-refractivity contribution is 0.521. The predicted molar refractivity (Wildman–Crippen MR) is 56.1 cm³/mol.